The number of nitrogens with one attached hydrogen (secondary N) is 1. The highest BCUT2D eigenvalue weighted by Gasteiger charge is 2.29. The fourth-order valence-electron chi connectivity index (χ4n) is 1.52. The quantitative estimate of drug-likeness (QED) is 0.616. The Morgan fingerprint density at radius 3 is 2.71 bits per heavy atom. The second-order valence-corrected chi connectivity index (χ2v) is 3.63. The van der Waals surface area contributed by atoms with Gasteiger partial charge in [0.15, 0.2) is 0 Å². The van der Waals surface area contributed by atoms with Crippen molar-refractivity contribution >= 4 is 18.0 Å². The third-order valence-corrected chi connectivity index (χ3v) is 2.49. The van der Waals surface area contributed by atoms with E-state index in [-0.39, 0.29) is 11.6 Å². The van der Waals surface area contributed by atoms with Crippen LogP contribution in [0.2, 0.25) is 0 Å². The van der Waals surface area contributed by atoms with Crippen LogP contribution < -0.4 is 10.1 Å². The summed E-state index contributed by atoms with van der Waals surface area (Å²) in [7, 11) is 3.01. The summed E-state index contributed by atoms with van der Waals surface area (Å²) < 4.78 is 5.08. The standard InChI is InChI=1S/C12H12N2O3/c1-14-11(15)10(13-12(14)16)7-8-4-3-5-9(6-8)17-2/h3-7H,1-2H3,(H,13,16). The molecule has 1 aromatic carbocycles. The second kappa shape index (κ2) is 4.29. The average molecular weight is 232 g/mol. The molecule has 0 aromatic heterocycles. The number of ether oxygens (including phenoxy) is 1. The first-order chi connectivity index (χ1) is 8.11. The lowest BCUT2D eigenvalue weighted by Gasteiger charge is -2.01. The summed E-state index contributed by atoms with van der Waals surface area (Å²) in [4.78, 5) is 23.9. The third kappa shape index (κ3) is 2.13. The maximum absolute atomic E-state index is 11.6. The first-order valence-corrected chi connectivity index (χ1v) is 5.06. The van der Waals surface area contributed by atoms with Crippen LogP contribution in [0, 0.1) is 0 Å². The Labute approximate surface area is 98.7 Å². The van der Waals surface area contributed by atoms with E-state index in [0.717, 1.165) is 10.5 Å². The first-order valence-electron chi connectivity index (χ1n) is 5.06. The largest absolute Gasteiger partial charge is 0.497 e. The number of hydrogen-bond acceptors (Lipinski definition) is 3. The lowest BCUT2D eigenvalue weighted by Crippen LogP contribution is -2.25. The van der Waals surface area contributed by atoms with Gasteiger partial charge in [0.25, 0.3) is 5.91 Å². The van der Waals surface area contributed by atoms with E-state index in [2.05, 4.69) is 5.32 Å². The van der Waals surface area contributed by atoms with Gasteiger partial charge in [-0.3, -0.25) is 9.69 Å². The molecule has 0 unspecified atom stereocenters. The zero-order valence-corrected chi connectivity index (χ0v) is 9.56. The topological polar surface area (TPSA) is 58.6 Å². The van der Waals surface area contributed by atoms with Crippen molar-refractivity contribution in [1.82, 2.24) is 10.2 Å². The molecule has 1 aliphatic rings. The summed E-state index contributed by atoms with van der Waals surface area (Å²) in [6, 6.07) is 6.82. The van der Waals surface area contributed by atoms with Crippen molar-refractivity contribution in [3.05, 3.63) is 35.5 Å². The number of hydrogen-bond donors (Lipinski definition) is 1. The molecule has 5 nitrogen and oxygen atoms in total. The predicted molar refractivity (Wildman–Crippen MR) is 62.3 cm³/mol. The van der Waals surface area contributed by atoms with Crippen molar-refractivity contribution in [2.24, 2.45) is 0 Å². The molecule has 1 heterocycles. The molecule has 0 saturated carbocycles. The lowest BCUT2D eigenvalue weighted by molar-refractivity contribution is -0.121. The van der Waals surface area contributed by atoms with E-state index in [4.69, 9.17) is 4.74 Å². The summed E-state index contributed by atoms with van der Waals surface area (Å²) in [5, 5.41) is 2.50. The van der Waals surface area contributed by atoms with Crippen molar-refractivity contribution in [2.45, 2.75) is 0 Å². The van der Waals surface area contributed by atoms with E-state index < -0.39 is 6.03 Å². The number of carbonyl (C=O) groups is 2. The Hall–Kier alpha value is -2.30. The van der Waals surface area contributed by atoms with Crippen LogP contribution in [-0.2, 0) is 4.79 Å². The zero-order valence-electron chi connectivity index (χ0n) is 9.56. The average Bonchev–Trinajstić information content (AvgIpc) is 2.57. The molecule has 3 amide bonds. The van der Waals surface area contributed by atoms with E-state index in [1.807, 2.05) is 18.2 Å². The molecular formula is C12H12N2O3. The molecule has 0 bridgehead atoms. The number of methoxy groups -OCH3 is 1. The number of imide groups is 1. The van der Waals surface area contributed by atoms with Crippen molar-refractivity contribution < 1.29 is 14.3 Å². The van der Waals surface area contributed by atoms with E-state index in [1.165, 1.54) is 7.05 Å². The van der Waals surface area contributed by atoms with Crippen molar-refractivity contribution in [2.75, 3.05) is 14.2 Å². The molecule has 17 heavy (non-hydrogen) atoms. The van der Waals surface area contributed by atoms with Gasteiger partial charge in [0, 0.05) is 7.05 Å². The molecular weight excluding hydrogens is 220 g/mol. The molecule has 2 rings (SSSR count). The Morgan fingerprint density at radius 1 is 1.35 bits per heavy atom. The number of carbonyl (C=O) groups excluding carboxylic acids is 2. The van der Waals surface area contributed by atoms with Crippen LogP contribution in [0.1, 0.15) is 5.56 Å². The molecule has 1 aromatic rings. The van der Waals surface area contributed by atoms with Gasteiger partial charge in [0.2, 0.25) is 0 Å². The van der Waals surface area contributed by atoms with Gasteiger partial charge >= 0.3 is 6.03 Å². The van der Waals surface area contributed by atoms with E-state index >= 15 is 0 Å². The van der Waals surface area contributed by atoms with Crippen LogP contribution in [0.3, 0.4) is 0 Å². The van der Waals surface area contributed by atoms with Gasteiger partial charge in [-0.2, -0.15) is 0 Å². The molecule has 0 radical (unpaired) electrons. The Kier molecular flexibility index (Phi) is 2.82. The van der Waals surface area contributed by atoms with Crippen LogP contribution in [0.5, 0.6) is 5.75 Å². The molecule has 0 atom stereocenters. The van der Waals surface area contributed by atoms with Gasteiger partial charge in [-0.15, -0.1) is 0 Å². The summed E-state index contributed by atoms with van der Waals surface area (Å²) in [6.45, 7) is 0. The first kappa shape index (κ1) is 11.2. The van der Waals surface area contributed by atoms with Crippen LogP contribution >= 0.6 is 0 Å². The van der Waals surface area contributed by atoms with E-state index in [0.29, 0.717) is 5.75 Å². The number of likely N-dealkylation sites (N-methyl/N-ethyl adjacent to an activating group) is 1. The highest BCUT2D eigenvalue weighted by atomic mass is 16.5. The Balaban J connectivity index is 2.30. The van der Waals surface area contributed by atoms with Crippen LogP contribution in [-0.4, -0.2) is 31.0 Å². The maximum atomic E-state index is 11.6. The molecule has 88 valence electrons. The molecule has 1 N–H and O–H groups in total. The summed E-state index contributed by atoms with van der Waals surface area (Å²) in [5.41, 5.74) is 1.06. The zero-order chi connectivity index (χ0) is 12.4. The third-order valence-electron chi connectivity index (χ3n) is 2.49. The van der Waals surface area contributed by atoms with Gasteiger partial charge < -0.3 is 10.1 Å². The molecule has 1 saturated heterocycles. The van der Waals surface area contributed by atoms with Crippen LogP contribution in [0.4, 0.5) is 4.79 Å². The van der Waals surface area contributed by atoms with Crippen LogP contribution in [0.25, 0.3) is 6.08 Å². The molecule has 0 spiro atoms. The Morgan fingerprint density at radius 2 is 2.12 bits per heavy atom. The summed E-state index contributed by atoms with van der Waals surface area (Å²) in [6.07, 6.45) is 1.62. The minimum Gasteiger partial charge on any atom is -0.497 e. The number of urea groups is 1. The van der Waals surface area contributed by atoms with Gasteiger partial charge in [-0.25, -0.2) is 4.79 Å². The molecule has 1 fully saturated rings. The number of nitrogens with zero attached hydrogens (tertiary/aromatic N) is 1. The minimum absolute atomic E-state index is 0.269. The minimum atomic E-state index is -0.413. The van der Waals surface area contributed by atoms with Crippen molar-refractivity contribution in [3.8, 4) is 5.75 Å². The second-order valence-electron chi connectivity index (χ2n) is 3.63. The number of benzene rings is 1. The van der Waals surface area contributed by atoms with Crippen molar-refractivity contribution in [3.63, 3.8) is 0 Å². The normalized spacial score (nSPS) is 17.5. The lowest BCUT2D eigenvalue weighted by atomic mass is 10.2. The highest BCUT2D eigenvalue weighted by molar-refractivity contribution is 6.13. The fraction of sp³-hybridized carbons (Fsp3) is 0.167. The van der Waals surface area contributed by atoms with Gasteiger partial charge in [-0.1, -0.05) is 12.1 Å². The van der Waals surface area contributed by atoms with Gasteiger partial charge in [0.1, 0.15) is 11.4 Å². The van der Waals surface area contributed by atoms with Gasteiger partial charge in [0.05, 0.1) is 7.11 Å². The van der Waals surface area contributed by atoms with Gasteiger partial charge in [-0.05, 0) is 23.8 Å². The maximum Gasteiger partial charge on any atom is 0.328 e. The molecule has 0 aliphatic carbocycles. The van der Waals surface area contributed by atoms with E-state index in [1.54, 1.807) is 19.3 Å². The monoisotopic (exact) mass is 232 g/mol. The molecule has 1 aliphatic heterocycles. The highest BCUT2D eigenvalue weighted by Crippen LogP contribution is 2.17. The Bertz CT molecular complexity index is 508. The smallest absolute Gasteiger partial charge is 0.328 e. The predicted octanol–water partition coefficient (Wildman–Crippen LogP) is 1.22. The SMILES string of the molecule is COc1cccc(C=C2NC(=O)N(C)C2=O)c1. The summed E-state index contributed by atoms with van der Waals surface area (Å²) in [5.74, 6) is 0.363. The van der Waals surface area contributed by atoms with E-state index in [9.17, 15) is 9.59 Å². The number of amides is 3. The molecule has 5 heteroatoms. The van der Waals surface area contributed by atoms with Crippen LogP contribution in [0.15, 0.2) is 30.0 Å². The fourth-order valence-corrected chi connectivity index (χ4v) is 1.52. The van der Waals surface area contributed by atoms with Crippen molar-refractivity contribution in [1.29, 1.82) is 0 Å². The summed E-state index contributed by atoms with van der Waals surface area (Å²) >= 11 is 0. The number of rotatable bonds is 2.